The van der Waals surface area contributed by atoms with E-state index in [1.54, 1.807) is 6.07 Å². The van der Waals surface area contributed by atoms with E-state index in [2.05, 4.69) is 24.5 Å². The second kappa shape index (κ2) is 7.40. The zero-order chi connectivity index (χ0) is 14.4. The van der Waals surface area contributed by atoms with Gasteiger partial charge in [0.15, 0.2) is 16.6 Å². The number of phenols is 1. The summed E-state index contributed by atoms with van der Waals surface area (Å²) < 4.78 is 5.04. The number of rotatable bonds is 5. The van der Waals surface area contributed by atoms with Gasteiger partial charge in [0.25, 0.3) is 0 Å². The molecule has 0 heterocycles. The lowest BCUT2D eigenvalue weighted by molar-refractivity contribution is 0.373. The molecule has 0 aliphatic heterocycles. The number of aromatic hydroxyl groups is 1. The molecule has 0 amide bonds. The predicted molar refractivity (Wildman–Crippen MR) is 81.9 cm³/mol. The molecule has 0 aliphatic rings. The highest BCUT2D eigenvalue weighted by molar-refractivity contribution is 7.80. The van der Waals surface area contributed by atoms with E-state index < -0.39 is 0 Å². The minimum absolute atomic E-state index is 0.0248. The maximum atomic E-state index is 9.57. The fraction of sp³-hybridized carbons (Fsp3) is 0.462. The van der Waals surface area contributed by atoms with Crippen molar-refractivity contribution in [1.82, 2.24) is 10.6 Å². The van der Waals surface area contributed by atoms with Gasteiger partial charge in [-0.25, -0.2) is 0 Å². The average Bonchev–Trinajstić information content (AvgIpc) is 2.35. The molecular formula is C13H19ClN2O2S. The molecule has 0 saturated carbocycles. The van der Waals surface area contributed by atoms with Crippen LogP contribution in [0.25, 0.3) is 0 Å². The highest BCUT2D eigenvalue weighted by Crippen LogP contribution is 2.31. The number of ether oxygens (including phenoxy) is 1. The van der Waals surface area contributed by atoms with Crippen LogP contribution in [-0.4, -0.2) is 23.9 Å². The van der Waals surface area contributed by atoms with Crippen molar-refractivity contribution in [3.63, 3.8) is 0 Å². The van der Waals surface area contributed by atoms with E-state index in [1.807, 2.05) is 0 Å². The molecule has 1 aromatic carbocycles. The van der Waals surface area contributed by atoms with Crippen LogP contribution in [0, 0.1) is 5.92 Å². The Morgan fingerprint density at radius 3 is 2.68 bits per heavy atom. The van der Waals surface area contributed by atoms with Gasteiger partial charge in [-0.1, -0.05) is 25.4 Å². The van der Waals surface area contributed by atoms with Crippen molar-refractivity contribution in [3.8, 4) is 11.5 Å². The van der Waals surface area contributed by atoms with Gasteiger partial charge in [0.05, 0.1) is 7.11 Å². The first kappa shape index (κ1) is 15.9. The summed E-state index contributed by atoms with van der Waals surface area (Å²) in [5.74, 6) is 0.941. The SMILES string of the molecule is COc1cc(CNC(=S)NCC(C)C)c(Cl)cc1O. The molecular weight excluding hydrogens is 284 g/mol. The molecule has 0 radical (unpaired) electrons. The number of halogens is 1. The Morgan fingerprint density at radius 2 is 2.11 bits per heavy atom. The van der Waals surface area contributed by atoms with Crippen LogP contribution in [0.2, 0.25) is 5.02 Å². The summed E-state index contributed by atoms with van der Waals surface area (Å²) in [5.41, 5.74) is 0.810. The Bertz CT molecular complexity index is 453. The Kier molecular flexibility index (Phi) is 6.18. The maximum absolute atomic E-state index is 9.57. The molecule has 6 heteroatoms. The van der Waals surface area contributed by atoms with Gasteiger partial charge in [0, 0.05) is 24.2 Å². The summed E-state index contributed by atoms with van der Waals surface area (Å²) in [6.07, 6.45) is 0. The maximum Gasteiger partial charge on any atom is 0.166 e. The van der Waals surface area contributed by atoms with Gasteiger partial charge in [-0.15, -0.1) is 0 Å². The Morgan fingerprint density at radius 1 is 1.42 bits per heavy atom. The molecule has 0 fully saturated rings. The van der Waals surface area contributed by atoms with E-state index in [0.29, 0.717) is 28.3 Å². The normalized spacial score (nSPS) is 10.4. The van der Waals surface area contributed by atoms with Crippen molar-refractivity contribution in [3.05, 3.63) is 22.7 Å². The number of nitrogens with one attached hydrogen (secondary N) is 2. The van der Waals surface area contributed by atoms with Crippen molar-refractivity contribution in [2.45, 2.75) is 20.4 Å². The Labute approximate surface area is 124 Å². The number of benzene rings is 1. The summed E-state index contributed by atoms with van der Waals surface area (Å²) in [5, 5.41) is 16.8. The fourth-order valence-electron chi connectivity index (χ4n) is 1.42. The monoisotopic (exact) mass is 302 g/mol. The van der Waals surface area contributed by atoms with Crippen LogP contribution in [0.5, 0.6) is 11.5 Å². The van der Waals surface area contributed by atoms with Gasteiger partial charge in [-0.05, 0) is 29.8 Å². The average molecular weight is 303 g/mol. The van der Waals surface area contributed by atoms with Crippen LogP contribution in [0.3, 0.4) is 0 Å². The molecule has 0 aliphatic carbocycles. The molecule has 0 saturated heterocycles. The number of phenolic OH excluding ortho intramolecular Hbond substituents is 1. The molecule has 1 aromatic rings. The summed E-state index contributed by atoms with van der Waals surface area (Å²) >= 11 is 11.2. The van der Waals surface area contributed by atoms with Crippen LogP contribution in [-0.2, 0) is 6.54 Å². The van der Waals surface area contributed by atoms with E-state index in [4.69, 9.17) is 28.6 Å². The molecule has 0 aromatic heterocycles. The van der Waals surface area contributed by atoms with Gasteiger partial charge in [0.1, 0.15) is 0 Å². The lowest BCUT2D eigenvalue weighted by Crippen LogP contribution is -2.36. The second-order valence-electron chi connectivity index (χ2n) is 4.57. The quantitative estimate of drug-likeness (QED) is 0.730. The van der Waals surface area contributed by atoms with Crippen LogP contribution in [0.1, 0.15) is 19.4 Å². The topological polar surface area (TPSA) is 53.5 Å². The number of hydrogen-bond acceptors (Lipinski definition) is 3. The Balaban J connectivity index is 2.60. The van der Waals surface area contributed by atoms with Crippen LogP contribution in [0.4, 0.5) is 0 Å². The first-order valence-corrected chi connectivity index (χ1v) is 6.79. The molecule has 0 spiro atoms. The number of methoxy groups -OCH3 is 1. The van der Waals surface area contributed by atoms with Crippen molar-refractivity contribution in [2.75, 3.05) is 13.7 Å². The van der Waals surface area contributed by atoms with E-state index in [1.165, 1.54) is 13.2 Å². The van der Waals surface area contributed by atoms with Crippen LogP contribution in [0.15, 0.2) is 12.1 Å². The second-order valence-corrected chi connectivity index (χ2v) is 5.39. The van der Waals surface area contributed by atoms with Crippen LogP contribution >= 0.6 is 23.8 Å². The minimum atomic E-state index is 0.0248. The molecule has 0 atom stereocenters. The highest BCUT2D eigenvalue weighted by atomic mass is 35.5. The highest BCUT2D eigenvalue weighted by Gasteiger charge is 2.08. The number of thiocarbonyl (C=S) groups is 1. The minimum Gasteiger partial charge on any atom is -0.504 e. The van der Waals surface area contributed by atoms with Gasteiger partial charge in [-0.3, -0.25) is 0 Å². The summed E-state index contributed by atoms with van der Waals surface area (Å²) in [7, 11) is 1.50. The molecule has 1 rings (SSSR count). The van der Waals surface area contributed by atoms with Gasteiger partial charge < -0.3 is 20.5 Å². The molecule has 3 N–H and O–H groups in total. The summed E-state index contributed by atoms with van der Waals surface area (Å²) in [4.78, 5) is 0. The first-order chi connectivity index (χ1) is 8.93. The molecule has 0 unspecified atom stereocenters. The van der Waals surface area contributed by atoms with Gasteiger partial charge in [-0.2, -0.15) is 0 Å². The van der Waals surface area contributed by atoms with Gasteiger partial charge in [0.2, 0.25) is 0 Å². The first-order valence-electron chi connectivity index (χ1n) is 6.01. The lowest BCUT2D eigenvalue weighted by atomic mass is 10.2. The van der Waals surface area contributed by atoms with E-state index in [9.17, 15) is 5.11 Å². The third kappa shape index (κ3) is 5.12. The smallest absolute Gasteiger partial charge is 0.166 e. The standard InChI is InChI=1S/C13H19ClN2O2S/c1-8(2)6-15-13(19)16-7-9-4-12(18-3)11(17)5-10(9)14/h4-5,8,17H,6-7H2,1-3H3,(H2,15,16,19). The third-order valence-electron chi connectivity index (χ3n) is 2.46. The fourth-order valence-corrected chi connectivity index (χ4v) is 1.80. The van der Waals surface area contributed by atoms with Crippen molar-refractivity contribution >= 4 is 28.9 Å². The predicted octanol–water partition coefficient (Wildman–Crippen LogP) is 2.67. The van der Waals surface area contributed by atoms with Crippen molar-refractivity contribution in [2.24, 2.45) is 5.92 Å². The zero-order valence-electron chi connectivity index (χ0n) is 11.3. The molecule has 106 valence electrons. The third-order valence-corrected chi connectivity index (χ3v) is 3.10. The van der Waals surface area contributed by atoms with Crippen molar-refractivity contribution in [1.29, 1.82) is 0 Å². The summed E-state index contributed by atoms with van der Waals surface area (Å²) in [6.45, 7) is 5.51. The van der Waals surface area contributed by atoms with E-state index in [0.717, 1.165) is 12.1 Å². The van der Waals surface area contributed by atoms with Crippen LogP contribution < -0.4 is 15.4 Å². The van der Waals surface area contributed by atoms with Gasteiger partial charge >= 0.3 is 0 Å². The number of hydrogen-bond donors (Lipinski definition) is 3. The zero-order valence-corrected chi connectivity index (χ0v) is 12.9. The van der Waals surface area contributed by atoms with Crippen molar-refractivity contribution < 1.29 is 9.84 Å². The van der Waals surface area contributed by atoms with E-state index >= 15 is 0 Å². The Hall–Kier alpha value is -1.20. The largest absolute Gasteiger partial charge is 0.504 e. The molecule has 19 heavy (non-hydrogen) atoms. The molecule has 0 bridgehead atoms. The van der Waals surface area contributed by atoms with E-state index in [-0.39, 0.29) is 5.75 Å². The molecule has 4 nitrogen and oxygen atoms in total. The lowest BCUT2D eigenvalue weighted by Gasteiger charge is -2.14. The summed E-state index contributed by atoms with van der Waals surface area (Å²) in [6, 6.07) is 3.15.